The standard InChI is InChI=1S/C9H11N3O5/c13-9(14)10-4-1-5-17-8-3-2-7(6-11-8)12(15)16/h2-3,6,10H,1,4-5H2,(H,13,14). The average Bonchev–Trinajstić information content (AvgIpc) is 2.29. The predicted molar refractivity (Wildman–Crippen MR) is 57.0 cm³/mol. The van der Waals surface area contributed by atoms with Gasteiger partial charge in [0.05, 0.1) is 11.5 Å². The van der Waals surface area contributed by atoms with Gasteiger partial charge in [0.2, 0.25) is 5.88 Å². The van der Waals surface area contributed by atoms with Gasteiger partial charge in [0, 0.05) is 18.7 Å². The molecule has 1 rings (SSSR count). The molecule has 8 heteroatoms. The summed E-state index contributed by atoms with van der Waals surface area (Å²) >= 11 is 0. The highest BCUT2D eigenvalue weighted by molar-refractivity contribution is 5.64. The molecule has 0 aliphatic heterocycles. The second-order valence-corrected chi connectivity index (χ2v) is 3.05. The zero-order chi connectivity index (χ0) is 12.7. The van der Waals surface area contributed by atoms with Gasteiger partial charge in [0.15, 0.2) is 0 Å². The van der Waals surface area contributed by atoms with Crippen LogP contribution in [0, 0.1) is 10.1 Å². The molecule has 1 aromatic rings. The van der Waals surface area contributed by atoms with Crippen LogP contribution in [0.25, 0.3) is 0 Å². The van der Waals surface area contributed by atoms with E-state index in [0.717, 1.165) is 6.20 Å². The number of amides is 1. The third kappa shape index (κ3) is 4.78. The number of carbonyl (C=O) groups is 1. The van der Waals surface area contributed by atoms with E-state index < -0.39 is 11.0 Å². The van der Waals surface area contributed by atoms with Crippen LogP contribution in [-0.2, 0) is 0 Å². The Morgan fingerprint density at radius 1 is 1.59 bits per heavy atom. The van der Waals surface area contributed by atoms with Crippen molar-refractivity contribution in [1.82, 2.24) is 10.3 Å². The molecule has 2 N–H and O–H groups in total. The van der Waals surface area contributed by atoms with E-state index in [1.807, 2.05) is 0 Å². The minimum atomic E-state index is -1.08. The van der Waals surface area contributed by atoms with E-state index in [1.165, 1.54) is 12.1 Å². The normalized spacial score (nSPS) is 9.65. The lowest BCUT2D eigenvalue weighted by Gasteiger charge is -2.04. The second-order valence-electron chi connectivity index (χ2n) is 3.05. The molecule has 1 amide bonds. The van der Waals surface area contributed by atoms with Crippen molar-refractivity contribution < 1.29 is 19.6 Å². The Labute approximate surface area is 96.4 Å². The number of pyridine rings is 1. The van der Waals surface area contributed by atoms with Crippen LogP contribution < -0.4 is 10.1 Å². The zero-order valence-corrected chi connectivity index (χ0v) is 8.83. The van der Waals surface area contributed by atoms with E-state index >= 15 is 0 Å². The SMILES string of the molecule is O=C(O)NCCCOc1ccc([N+](=O)[O-])cn1. The van der Waals surface area contributed by atoms with E-state index in [0.29, 0.717) is 6.42 Å². The molecule has 0 aliphatic rings. The van der Waals surface area contributed by atoms with Gasteiger partial charge in [-0.15, -0.1) is 0 Å². The van der Waals surface area contributed by atoms with Crippen LogP contribution in [0.1, 0.15) is 6.42 Å². The molecule has 0 saturated carbocycles. The Morgan fingerprint density at radius 2 is 2.35 bits per heavy atom. The first-order valence-corrected chi connectivity index (χ1v) is 4.79. The van der Waals surface area contributed by atoms with Crippen molar-refractivity contribution in [1.29, 1.82) is 0 Å². The van der Waals surface area contributed by atoms with E-state index in [-0.39, 0.29) is 24.7 Å². The van der Waals surface area contributed by atoms with Crippen LogP contribution in [0.15, 0.2) is 18.3 Å². The van der Waals surface area contributed by atoms with Crippen LogP contribution in [-0.4, -0.2) is 34.3 Å². The van der Waals surface area contributed by atoms with Crippen LogP contribution in [0.4, 0.5) is 10.5 Å². The fourth-order valence-corrected chi connectivity index (χ4v) is 1.01. The average molecular weight is 241 g/mol. The van der Waals surface area contributed by atoms with Crippen LogP contribution in [0.5, 0.6) is 5.88 Å². The fraction of sp³-hybridized carbons (Fsp3) is 0.333. The number of ether oxygens (including phenoxy) is 1. The number of aromatic nitrogens is 1. The summed E-state index contributed by atoms with van der Waals surface area (Å²) in [6, 6.07) is 2.68. The van der Waals surface area contributed by atoms with Crippen molar-refractivity contribution in [2.75, 3.05) is 13.2 Å². The molecule has 0 atom stereocenters. The second kappa shape index (κ2) is 6.26. The molecular weight excluding hydrogens is 230 g/mol. The summed E-state index contributed by atoms with van der Waals surface area (Å²) < 4.78 is 5.16. The largest absolute Gasteiger partial charge is 0.478 e. The van der Waals surface area contributed by atoms with Crippen molar-refractivity contribution in [2.45, 2.75) is 6.42 Å². The van der Waals surface area contributed by atoms with Gasteiger partial charge in [-0.05, 0) is 6.42 Å². The van der Waals surface area contributed by atoms with Gasteiger partial charge in [0.25, 0.3) is 5.69 Å². The van der Waals surface area contributed by atoms with E-state index in [2.05, 4.69) is 10.3 Å². The number of hydrogen-bond donors (Lipinski definition) is 2. The first-order valence-electron chi connectivity index (χ1n) is 4.79. The summed E-state index contributed by atoms with van der Waals surface area (Å²) in [6.07, 6.45) is 0.508. The van der Waals surface area contributed by atoms with Gasteiger partial charge in [-0.1, -0.05) is 0 Å². The molecule has 0 saturated heterocycles. The Hall–Kier alpha value is -2.38. The van der Waals surface area contributed by atoms with Crippen molar-refractivity contribution >= 4 is 11.8 Å². The quantitative estimate of drug-likeness (QED) is 0.436. The van der Waals surface area contributed by atoms with E-state index in [1.54, 1.807) is 0 Å². The van der Waals surface area contributed by atoms with E-state index in [9.17, 15) is 14.9 Å². The van der Waals surface area contributed by atoms with Gasteiger partial charge in [0.1, 0.15) is 6.20 Å². The smallest absolute Gasteiger partial charge is 0.404 e. The lowest BCUT2D eigenvalue weighted by atomic mass is 10.4. The van der Waals surface area contributed by atoms with Crippen molar-refractivity contribution in [3.8, 4) is 5.88 Å². The van der Waals surface area contributed by atoms with Gasteiger partial charge in [-0.25, -0.2) is 9.78 Å². The number of nitrogens with zero attached hydrogens (tertiary/aromatic N) is 2. The minimum absolute atomic E-state index is 0.107. The molecule has 8 nitrogen and oxygen atoms in total. The lowest BCUT2D eigenvalue weighted by Crippen LogP contribution is -2.23. The highest BCUT2D eigenvalue weighted by Crippen LogP contribution is 2.13. The van der Waals surface area contributed by atoms with Crippen molar-refractivity contribution in [2.24, 2.45) is 0 Å². The Morgan fingerprint density at radius 3 is 2.88 bits per heavy atom. The molecule has 0 radical (unpaired) electrons. The highest BCUT2D eigenvalue weighted by Gasteiger charge is 2.05. The molecule has 0 unspecified atom stereocenters. The van der Waals surface area contributed by atoms with Crippen molar-refractivity contribution in [3.63, 3.8) is 0 Å². The molecule has 0 fully saturated rings. The van der Waals surface area contributed by atoms with Crippen LogP contribution >= 0.6 is 0 Å². The molecule has 1 aromatic heterocycles. The Balaban J connectivity index is 2.27. The molecule has 0 aliphatic carbocycles. The maximum Gasteiger partial charge on any atom is 0.404 e. The number of carboxylic acid groups (broad SMARTS) is 1. The van der Waals surface area contributed by atoms with Gasteiger partial charge >= 0.3 is 6.09 Å². The summed E-state index contributed by atoms with van der Waals surface area (Å²) in [6.45, 7) is 0.563. The molecule has 1 heterocycles. The summed E-state index contributed by atoms with van der Waals surface area (Å²) in [7, 11) is 0. The predicted octanol–water partition coefficient (Wildman–Crippen LogP) is 1.03. The first-order chi connectivity index (χ1) is 8.09. The maximum atomic E-state index is 10.3. The van der Waals surface area contributed by atoms with Crippen molar-refractivity contribution in [3.05, 3.63) is 28.4 Å². The molecule has 92 valence electrons. The Bertz CT molecular complexity index is 392. The third-order valence-corrected chi connectivity index (χ3v) is 1.78. The summed E-state index contributed by atoms with van der Waals surface area (Å²) in [5.41, 5.74) is -0.107. The molecule has 0 aromatic carbocycles. The van der Waals surface area contributed by atoms with Gasteiger partial charge in [-0.3, -0.25) is 10.1 Å². The number of rotatable bonds is 6. The lowest BCUT2D eigenvalue weighted by molar-refractivity contribution is -0.385. The fourth-order valence-electron chi connectivity index (χ4n) is 1.01. The van der Waals surface area contributed by atoms with Crippen LogP contribution in [0.3, 0.4) is 0 Å². The summed E-state index contributed by atoms with van der Waals surface area (Å²) in [4.78, 5) is 23.6. The maximum absolute atomic E-state index is 10.3. The van der Waals surface area contributed by atoms with E-state index in [4.69, 9.17) is 9.84 Å². The minimum Gasteiger partial charge on any atom is -0.478 e. The first kappa shape index (κ1) is 12.7. The van der Waals surface area contributed by atoms with Crippen LogP contribution in [0.2, 0.25) is 0 Å². The topological polar surface area (TPSA) is 115 Å². The van der Waals surface area contributed by atoms with Gasteiger partial charge in [-0.2, -0.15) is 0 Å². The summed E-state index contributed by atoms with van der Waals surface area (Å²) in [5.74, 6) is 0.269. The molecule has 0 spiro atoms. The molecular formula is C9H11N3O5. The van der Waals surface area contributed by atoms with Gasteiger partial charge < -0.3 is 15.2 Å². The number of hydrogen-bond acceptors (Lipinski definition) is 5. The Kier molecular flexibility index (Phi) is 4.67. The molecule has 17 heavy (non-hydrogen) atoms. The monoisotopic (exact) mass is 241 g/mol. The molecule has 0 bridgehead atoms. The zero-order valence-electron chi connectivity index (χ0n) is 8.83. The number of nitro groups is 1. The third-order valence-electron chi connectivity index (χ3n) is 1.78. The number of nitrogens with one attached hydrogen (secondary N) is 1. The summed E-state index contributed by atoms with van der Waals surface area (Å²) in [5, 5.41) is 20.8. The highest BCUT2D eigenvalue weighted by atomic mass is 16.6.